The molecule has 4 aromatic carbocycles. The molecule has 8 nitrogen and oxygen atoms in total. The lowest BCUT2D eigenvalue weighted by molar-refractivity contribution is -0.133. The van der Waals surface area contributed by atoms with E-state index in [2.05, 4.69) is 31.8 Å². The lowest BCUT2D eigenvalue weighted by Gasteiger charge is -2.11. The minimum atomic E-state index is -0.436. The van der Waals surface area contributed by atoms with E-state index >= 15 is 0 Å². The van der Waals surface area contributed by atoms with Crippen LogP contribution in [0.5, 0.6) is 11.5 Å². The number of halogens is 2. The molecule has 2 N–H and O–H groups in total. The Labute approximate surface area is 270 Å². The van der Waals surface area contributed by atoms with Crippen molar-refractivity contribution in [1.29, 1.82) is 0 Å². The molecule has 1 aromatic heterocycles. The average Bonchev–Trinajstić information content (AvgIpc) is 3.34. The van der Waals surface area contributed by atoms with E-state index in [1.54, 1.807) is 42.5 Å². The highest BCUT2D eigenvalue weighted by Crippen LogP contribution is 2.37. The number of hydrogen-bond donors (Lipinski definition) is 2. The largest absolute Gasteiger partial charge is 0.490 e. The second-order valence-electron chi connectivity index (χ2n) is 9.39. The molecule has 0 bridgehead atoms. The van der Waals surface area contributed by atoms with Crippen LogP contribution in [0.3, 0.4) is 0 Å². The van der Waals surface area contributed by atoms with E-state index in [1.165, 1.54) is 17.6 Å². The number of hydrazone groups is 1. The van der Waals surface area contributed by atoms with Crippen LogP contribution in [0, 0.1) is 0 Å². The highest BCUT2D eigenvalue weighted by molar-refractivity contribution is 9.10. The lowest BCUT2D eigenvalue weighted by atomic mass is 10.1. The van der Waals surface area contributed by atoms with Crippen LogP contribution in [0.4, 0.5) is 5.69 Å². The molecule has 0 spiro atoms. The first-order valence-corrected chi connectivity index (χ1v) is 15.4. The van der Waals surface area contributed by atoms with Gasteiger partial charge in [0, 0.05) is 25.8 Å². The number of nitrogens with zero attached hydrogens (tertiary/aromatic N) is 1. The summed E-state index contributed by atoms with van der Waals surface area (Å²) in [4.78, 5) is 38.3. The molecule has 0 radical (unpaired) electrons. The number of rotatable bonds is 10. The van der Waals surface area contributed by atoms with Gasteiger partial charge < -0.3 is 14.8 Å². The van der Waals surface area contributed by atoms with Crippen LogP contribution in [0.2, 0.25) is 5.02 Å². The van der Waals surface area contributed by atoms with E-state index in [0.29, 0.717) is 44.8 Å². The number of nitrogens with one attached hydrogen (secondary N) is 2. The summed E-state index contributed by atoms with van der Waals surface area (Å²) in [6.45, 7) is 2.19. The lowest BCUT2D eigenvalue weighted by Crippen LogP contribution is -2.18. The Morgan fingerprint density at radius 3 is 2.45 bits per heavy atom. The van der Waals surface area contributed by atoms with Crippen molar-refractivity contribution in [3.63, 3.8) is 0 Å². The number of ether oxygens (including phenoxy) is 2. The smallest absolute Gasteiger partial charge is 0.315 e. The van der Waals surface area contributed by atoms with Gasteiger partial charge in [0.15, 0.2) is 11.5 Å². The van der Waals surface area contributed by atoms with Crippen LogP contribution in [-0.2, 0) is 11.2 Å². The molecule has 5 rings (SSSR count). The highest BCUT2D eigenvalue weighted by Gasteiger charge is 2.18. The van der Waals surface area contributed by atoms with Crippen molar-refractivity contribution in [2.24, 2.45) is 5.10 Å². The molecule has 0 aliphatic carbocycles. The molecule has 2 amide bonds. The van der Waals surface area contributed by atoms with Crippen LogP contribution in [-0.4, -0.2) is 30.6 Å². The van der Waals surface area contributed by atoms with Crippen LogP contribution in [0.25, 0.3) is 10.1 Å². The maximum absolute atomic E-state index is 12.9. The van der Waals surface area contributed by atoms with Crippen molar-refractivity contribution >= 4 is 78.6 Å². The topological polar surface area (TPSA) is 106 Å². The van der Waals surface area contributed by atoms with E-state index < -0.39 is 11.9 Å². The quantitative estimate of drug-likeness (QED) is 0.0672. The number of thiophene rings is 1. The van der Waals surface area contributed by atoms with Gasteiger partial charge in [-0.05, 0) is 72.6 Å². The fourth-order valence-corrected chi connectivity index (χ4v) is 6.15. The SMILES string of the molecule is CCOc1cc(/C=N\NC(=O)c2ccc(NC(=O)c3sc4cc(Br)ccc4c3Cl)cc2)ccc1OC(=O)Cc1ccccc1. The van der Waals surface area contributed by atoms with Gasteiger partial charge >= 0.3 is 5.97 Å². The van der Waals surface area contributed by atoms with Gasteiger partial charge in [-0.2, -0.15) is 5.10 Å². The number of amides is 2. The third kappa shape index (κ3) is 7.71. The fraction of sp³-hybridized carbons (Fsp3) is 0.0909. The number of carbonyl (C=O) groups is 3. The monoisotopic (exact) mass is 689 g/mol. The Balaban J connectivity index is 1.17. The van der Waals surface area contributed by atoms with Crippen molar-refractivity contribution in [3.8, 4) is 11.5 Å². The first-order chi connectivity index (χ1) is 21.3. The fourth-order valence-electron chi connectivity index (χ4n) is 4.19. The summed E-state index contributed by atoms with van der Waals surface area (Å²) in [7, 11) is 0. The van der Waals surface area contributed by atoms with Gasteiger partial charge in [-0.15, -0.1) is 11.3 Å². The molecule has 0 atom stereocenters. The maximum Gasteiger partial charge on any atom is 0.315 e. The molecular formula is C33H25BrClN3O5S. The van der Waals surface area contributed by atoms with Gasteiger partial charge in [0.1, 0.15) is 4.88 Å². The summed E-state index contributed by atoms with van der Waals surface area (Å²) in [5, 5.41) is 8.07. The van der Waals surface area contributed by atoms with Crippen LogP contribution >= 0.6 is 38.9 Å². The summed E-state index contributed by atoms with van der Waals surface area (Å²) in [5.74, 6) is -0.504. The molecular weight excluding hydrogens is 666 g/mol. The zero-order valence-electron chi connectivity index (χ0n) is 23.3. The summed E-state index contributed by atoms with van der Waals surface area (Å²) in [6.07, 6.45) is 1.59. The first kappa shape index (κ1) is 30.9. The molecule has 5 aromatic rings. The Kier molecular flexibility index (Phi) is 10.1. The van der Waals surface area contributed by atoms with Crippen molar-refractivity contribution in [2.75, 3.05) is 11.9 Å². The van der Waals surface area contributed by atoms with Gasteiger partial charge in [-0.3, -0.25) is 14.4 Å². The molecule has 0 aliphatic heterocycles. The first-order valence-electron chi connectivity index (χ1n) is 13.4. The number of anilines is 1. The number of benzene rings is 4. The summed E-state index contributed by atoms with van der Waals surface area (Å²) < 4.78 is 13.0. The van der Waals surface area contributed by atoms with E-state index in [-0.39, 0.29) is 12.3 Å². The predicted molar refractivity (Wildman–Crippen MR) is 177 cm³/mol. The molecule has 0 fully saturated rings. The molecule has 44 heavy (non-hydrogen) atoms. The van der Waals surface area contributed by atoms with Gasteiger partial charge in [0.25, 0.3) is 11.8 Å². The summed E-state index contributed by atoms with van der Waals surface area (Å²) in [5.41, 5.74) is 4.82. The average molecular weight is 691 g/mol. The summed E-state index contributed by atoms with van der Waals surface area (Å²) >= 11 is 11.2. The van der Waals surface area contributed by atoms with E-state index in [0.717, 1.165) is 20.1 Å². The molecule has 0 saturated carbocycles. The maximum atomic E-state index is 12.9. The van der Waals surface area contributed by atoms with Gasteiger partial charge in [-0.25, -0.2) is 5.43 Å². The minimum absolute atomic E-state index is 0.133. The van der Waals surface area contributed by atoms with Gasteiger partial charge in [0.05, 0.1) is 24.3 Å². The third-order valence-corrected chi connectivity index (χ3v) is 8.41. The Bertz CT molecular complexity index is 1860. The van der Waals surface area contributed by atoms with Gasteiger partial charge in [-0.1, -0.05) is 63.9 Å². The molecule has 0 saturated heterocycles. The second kappa shape index (κ2) is 14.3. The predicted octanol–water partition coefficient (Wildman–Crippen LogP) is 7.88. The van der Waals surface area contributed by atoms with E-state index in [1.807, 2.05) is 55.5 Å². The third-order valence-electron chi connectivity index (χ3n) is 6.27. The van der Waals surface area contributed by atoms with Crippen molar-refractivity contribution in [2.45, 2.75) is 13.3 Å². The van der Waals surface area contributed by atoms with E-state index in [4.69, 9.17) is 21.1 Å². The van der Waals surface area contributed by atoms with Crippen molar-refractivity contribution in [3.05, 3.63) is 122 Å². The van der Waals surface area contributed by atoms with Crippen LogP contribution < -0.4 is 20.2 Å². The molecule has 0 unspecified atom stereocenters. The van der Waals surface area contributed by atoms with Crippen LogP contribution in [0.15, 0.2) is 101 Å². The summed E-state index contributed by atoms with van der Waals surface area (Å²) in [6, 6.07) is 26.4. The number of hydrogen-bond acceptors (Lipinski definition) is 7. The number of carbonyl (C=O) groups excluding carboxylic acids is 3. The van der Waals surface area contributed by atoms with Crippen molar-refractivity contribution in [1.82, 2.24) is 5.43 Å². The second-order valence-corrected chi connectivity index (χ2v) is 11.7. The molecule has 222 valence electrons. The van der Waals surface area contributed by atoms with Crippen molar-refractivity contribution < 1.29 is 23.9 Å². The Hall–Kier alpha value is -4.51. The van der Waals surface area contributed by atoms with Gasteiger partial charge in [0.2, 0.25) is 0 Å². The Morgan fingerprint density at radius 1 is 0.932 bits per heavy atom. The van der Waals surface area contributed by atoms with E-state index in [9.17, 15) is 14.4 Å². The number of esters is 1. The standard InChI is InChI=1S/C33H25BrClN3O5S/c1-2-42-27-16-21(8-15-26(27)43-29(39)17-20-6-4-3-5-7-20)19-36-38-32(40)22-9-12-24(13-10-22)37-33(41)31-30(35)25-14-11-23(34)18-28(25)44-31/h3-16,18-19H,2,17H2,1H3,(H,37,41)(H,38,40)/b36-19-. The highest BCUT2D eigenvalue weighted by atomic mass is 79.9. The molecule has 1 heterocycles. The minimum Gasteiger partial charge on any atom is -0.490 e. The zero-order chi connectivity index (χ0) is 31.1. The Morgan fingerprint density at radius 2 is 1.70 bits per heavy atom. The normalized spacial score (nSPS) is 11.0. The van der Waals surface area contributed by atoms with Crippen LogP contribution in [0.1, 0.15) is 38.1 Å². The molecule has 11 heteroatoms. The molecule has 0 aliphatic rings. The zero-order valence-corrected chi connectivity index (χ0v) is 26.5. The number of fused-ring (bicyclic) bond motifs is 1.